The number of hydrogen-bond donors (Lipinski definition) is 0. The molecule has 0 aromatic carbocycles. The minimum Gasteiger partial charge on any atom is -0.225 e. The molecule has 0 saturated heterocycles. The Hall–Kier alpha value is -0.240. The van der Waals surface area contributed by atoms with Crippen molar-refractivity contribution in [3.63, 3.8) is 0 Å². The lowest BCUT2D eigenvalue weighted by atomic mass is 10.4. The van der Waals surface area contributed by atoms with Gasteiger partial charge in [0.2, 0.25) is 0 Å². The van der Waals surface area contributed by atoms with Crippen molar-refractivity contribution in [1.82, 2.24) is 0 Å². The fourth-order valence-corrected chi connectivity index (χ4v) is 0.428. The van der Waals surface area contributed by atoms with E-state index in [2.05, 4.69) is 11.0 Å². The van der Waals surface area contributed by atoms with Gasteiger partial charge in [-0.1, -0.05) is 20.4 Å². The van der Waals surface area contributed by atoms with Crippen LogP contribution in [0.2, 0.25) is 0 Å². The van der Waals surface area contributed by atoms with Gasteiger partial charge in [0.05, 0.1) is 0 Å². The van der Waals surface area contributed by atoms with Crippen LogP contribution in [-0.2, 0) is 0 Å². The predicted molar refractivity (Wildman–Crippen MR) is 48.2 cm³/mol. The van der Waals surface area contributed by atoms with Crippen molar-refractivity contribution in [2.75, 3.05) is 6.26 Å². The summed E-state index contributed by atoms with van der Waals surface area (Å²) in [6.07, 6.45) is 3.66. The lowest BCUT2D eigenvalue weighted by Gasteiger charge is -1.79. The molecule has 2 heteroatoms. The zero-order chi connectivity index (χ0) is 7.70. The van der Waals surface area contributed by atoms with Gasteiger partial charge in [0.15, 0.2) is 0 Å². The van der Waals surface area contributed by atoms with E-state index in [9.17, 15) is 0 Å². The highest BCUT2D eigenvalue weighted by Crippen LogP contribution is 1.91. The Labute approximate surface area is 62.4 Å². The summed E-state index contributed by atoms with van der Waals surface area (Å²) in [5.74, 6) is 0. The molecule has 0 aliphatic heterocycles. The molecule has 0 N–H and O–H groups in total. The van der Waals surface area contributed by atoms with Gasteiger partial charge in [0.1, 0.15) is 0 Å². The Bertz CT molecular complexity index is 86.9. The largest absolute Gasteiger partial charge is 0.225 e. The van der Waals surface area contributed by atoms with Gasteiger partial charge in [-0.05, 0) is 24.4 Å². The predicted octanol–water partition coefficient (Wildman–Crippen LogP) is 2.94. The second kappa shape index (κ2) is 10.7. The number of rotatable bonds is 2. The molecule has 0 rings (SSSR count). The maximum Gasteiger partial charge on any atom is 0.0374 e. The summed E-state index contributed by atoms with van der Waals surface area (Å²) in [4.78, 5) is 0. The third-order valence-electron chi connectivity index (χ3n) is 0.379. The first-order valence-corrected chi connectivity index (χ1v) is 4.17. The highest BCUT2D eigenvalue weighted by atomic mass is 32.2. The lowest BCUT2D eigenvalue weighted by molar-refractivity contribution is 1.50. The molecule has 9 heavy (non-hydrogen) atoms. The van der Waals surface area contributed by atoms with Gasteiger partial charge in [0, 0.05) is 12.5 Å². The topological polar surface area (TPSA) is 12.4 Å². The van der Waals surface area contributed by atoms with Gasteiger partial charge < -0.3 is 0 Å². The molecule has 0 aromatic rings. The van der Waals surface area contributed by atoms with Gasteiger partial charge >= 0.3 is 0 Å². The van der Waals surface area contributed by atoms with Crippen LogP contribution in [0, 0.1) is 0 Å². The van der Waals surface area contributed by atoms with E-state index in [1.165, 1.54) is 11.9 Å². The zero-order valence-electron chi connectivity index (χ0n) is 6.64. The SMILES string of the molecule is C=C(C)/C=N\SC.CC. The normalized spacial score (nSPS) is 8.44. The van der Waals surface area contributed by atoms with E-state index in [1.807, 2.05) is 27.0 Å². The molecule has 0 heterocycles. The molecule has 0 bridgehead atoms. The molecule has 0 radical (unpaired) electrons. The van der Waals surface area contributed by atoms with E-state index < -0.39 is 0 Å². The molecule has 0 aliphatic rings. The third-order valence-corrected chi connectivity index (χ3v) is 0.695. The van der Waals surface area contributed by atoms with Crippen molar-refractivity contribution in [3.05, 3.63) is 12.2 Å². The van der Waals surface area contributed by atoms with E-state index in [0.29, 0.717) is 0 Å². The van der Waals surface area contributed by atoms with Crippen LogP contribution in [0.5, 0.6) is 0 Å². The average Bonchev–Trinajstić information content (AvgIpc) is 1.88. The van der Waals surface area contributed by atoms with E-state index in [-0.39, 0.29) is 0 Å². The van der Waals surface area contributed by atoms with Gasteiger partial charge in [0.25, 0.3) is 0 Å². The van der Waals surface area contributed by atoms with E-state index in [0.717, 1.165) is 5.57 Å². The van der Waals surface area contributed by atoms with Crippen LogP contribution in [-0.4, -0.2) is 12.5 Å². The summed E-state index contributed by atoms with van der Waals surface area (Å²) < 4.78 is 3.86. The minimum absolute atomic E-state index is 0.995. The third kappa shape index (κ3) is 18.2. The Kier molecular flexibility index (Phi) is 13.7. The summed E-state index contributed by atoms with van der Waals surface area (Å²) in [6.45, 7) is 9.55. The van der Waals surface area contributed by atoms with Crippen LogP contribution in [0.15, 0.2) is 16.5 Å². The first-order valence-electron chi connectivity index (χ1n) is 2.99. The average molecular weight is 145 g/mol. The van der Waals surface area contributed by atoms with Crippen LogP contribution in [0.1, 0.15) is 20.8 Å². The lowest BCUT2D eigenvalue weighted by Crippen LogP contribution is -1.67. The van der Waals surface area contributed by atoms with Crippen LogP contribution in [0.3, 0.4) is 0 Å². The second-order valence-electron chi connectivity index (χ2n) is 1.26. The minimum atomic E-state index is 0.995. The fraction of sp³-hybridized carbons (Fsp3) is 0.571. The van der Waals surface area contributed by atoms with Crippen molar-refractivity contribution < 1.29 is 0 Å². The molecular weight excluding hydrogens is 130 g/mol. The summed E-state index contributed by atoms with van der Waals surface area (Å²) in [5, 5.41) is 0. The number of hydrogen-bond acceptors (Lipinski definition) is 2. The Morgan fingerprint density at radius 1 is 1.56 bits per heavy atom. The maximum absolute atomic E-state index is 3.86. The quantitative estimate of drug-likeness (QED) is 0.430. The smallest absolute Gasteiger partial charge is 0.0374 e. The van der Waals surface area contributed by atoms with Crippen LogP contribution in [0.25, 0.3) is 0 Å². The van der Waals surface area contributed by atoms with Gasteiger partial charge in [-0.25, -0.2) is 4.40 Å². The van der Waals surface area contributed by atoms with Crippen molar-refractivity contribution in [2.24, 2.45) is 4.40 Å². The molecule has 0 amide bonds. The summed E-state index contributed by atoms with van der Waals surface area (Å²) in [6, 6.07) is 0. The molecule has 0 aromatic heterocycles. The van der Waals surface area contributed by atoms with Crippen molar-refractivity contribution in [1.29, 1.82) is 0 Å². The molecular formula is C7H15NS. The molecule has 0 spiro atoms. The molecule has 0 fully saturated rings. The molecule has 0 atom stereocenters. The van der Waals surface area contributed by atoms with Crippen molar-refractivity contribution >= 4 is 18.2 Å². The van der Waals surface area contributed by atoms with Crippen LogP contribution >= 0.6 is 11.9 Å². The summed E-state index contributed by atoms with van der Waals surface area (Å²) >= 11 is 1.44. The zero-order valence-corrected chi connectivity index (χ0v) is 7.46. The Morgan fingerprint density at radius 2 is 2.00 bits per heavy atom. The van der Waals surface area contributed by atoms with Gasteiger partial charge in [-0.15, -0.1) is 0 Å². The van der Waals surface area contributed by atoms with Gasteiger partial charge in [-0.2, -0.15) is 0 Å². The molecule has 54 valence electrons. The highest BCUT2D eigenvalue weighted by Gasteiger charge is 1.69. The molecule has 0 aliphatic carbocycles. The first-order chi connectivity index (χ1) is 4.27. The maximum atomic E-state index is 3.86. The molecule has 0 saturated carbocycles. The Balaban J connectivity index is 0. The standard InChI is InChI=1S/C5H9NS.C2H6/c1-5(2)4-6-7-3;1-2/h4H,1H2,2-3H3;1-2H3/b6-4-;. The number of allylic oxidation sites excluding steroid dienone is 1. The first kappa shape index (κ1) is 11.5. The van der Waals surface area contributed by atoms with Crippen LogP contribution < -0.4 is 0 Å². The number of nitrogens with zero attached hydrogens (tertiary/aromatic N) is 1. The second-order valence-corrected chi connectivity index (χ2v) is 1.84. The monoisotopic (exact) mass is 145 g/mol. The fourth-order valence-electron chi connectivity index (χ4n) is 0.143. The molecule has 0 unspecified atom stereocenters. The molecule has 1 nitrogen and oxygen atoms in total. The van der Waals surface area contributed by atoms with Crippen molar-refractivity contribution in [3.8, 4) is 0 Å². The van der Waals surface area contributed by atoms with Gasteiger partial charge in [-0.3, -0.25) is 0 Å². The Morgan fingerprint density at radius 3 is 2.11 bits per heavy atom. The van der Waals surface area contributed by atoms with Crippen molar-refractivity contribution in [2.45, 2.75) is 20.8 Å². The van der Waals surface area contributed by atoms with Crippen LogP contribution in [0.4, 0.5) is 0 Å². The van der Waals surface area contributed by atoms with E-state index >= 15 is 0 Å². The highest BCUT2D eigenvalue weighted by molar-refractivity contribution is 7.97. The summed E-state index contributed by atoms with van der Waals surface area (Å²) in [7, 11) is 0. The van der Waals surface area contributed by atoms with E-state index in [1.54, 1.807) is 6.21 Å². The summed E-state index contributed by atoms with van der Waals surface area (Å²) in [5.41, 5.74) is 0.995. The van der Waals surface area contributed by atoms with E-state index in [4.69, 9.17) is 0 Å².